The molecule has 0 saturated heterocycles. The van der Waals surface area contributed by atoms with Crippen LogP contribution in [-0.4, -0.2) is 11.1 Å². The molecule has 0 unspecified atom stereocenters. The van der Waals surface area contributed by atoms with E-state index in [2.05, 4.69) is 10.5 Å². The monoisotopic (exact) mass is 231 g/mol. The molecule has 1 aromatic heterocycles. The summed E-state index contributed by atoms with van der Waals surface area (Å²) in [7, 11) is 0. The molecule has 0 radical (unpaired) electrons. The largest absolute Gasteiger partial charge is 0.463 e. The second-order valence-electron chi connectivity index (χ2n) is 3.19. The van der Waals surface area contributed by atoms with E-state index in [4.69, 9.17) is 4.42 Å². The minimum Gasteiger partial charge on any atom is -0.463 e. The zero-order valence-corrected chi connectivity index (χ0v) is 8.74. The number of hydrogen-bond donors (Lipinski definition) is 1. The first-order valence-electron chi connectivity index (χ1n) is 4.83. The maximum atomic E-state index is 10.5. The molecule has 0 amide bonds. The standard InChI is InChI=1S/C11H9N3O3/c15-14(16)10-4-1-3-9(7-10)13-12-8-11-5-2-6-17-11/h1-8,13H/b12-8-. The summed E-state index contributed by atoms with van der Waals surface area (Å²) in [5.41, 5.74) is 3.24. The summed E-state index contributed by atoms with van der Waals surface area (Å²) in [6, 6.07) is 9.59. The van der Waals surface area contributed by atoms with Crippen molar-refractivity contribution in [2.24, 2.45) is 5.10 Å². The quantitative estimate of drug-likeness (QED) is 0.498. The Kier molecular flexibility index (Phi) is 3.15. The third-order valence-electron chi connectivity index (χ3n) is 1.99. The summed E-state index contributed by atoms with van der Waals surface area (Å²) in [5, 5.41) is 14.4. The average molecular weight is 231 g/mol. The van der Waals surface area contributed by atoms with Gasteiger partial charge in [0, 0.05) is 12.1 Å². The Morgan fingerprint density at radius 3 is 2.94 bits per heavy atom. The Balaban J connectivity index is 2.04. The smallest absolute Gasteiger partial charge is 0.271 e. The summed E-state index contributed by atoms with van der Waals surface area (Å²) in [6.07, 6.45) is 3.02. The number of nitro benzene ring substituents is 1. The average Bonchev–Trinajstić information content (AvgIpc) is 2.82. The number of benzene rings is 1. The molecule has 0 spiro atoms. The van der Waals surface area contributed by atoms with Crippen LogP contribution in [0, 0.1) is 10.1 Å². The predicted molar refractivity (Wildman–Crippen MR) is 63.0 cm³/mol. The number of nitro groups is 1. The minimum absolute atomic E-state index is 0.0169. The van der Waals surface area contributed by atoms with Crippen molar-refractivity contribution in [1.29, 1.82) is 0 Å². The Bertz CT molecular complexity index is 535. The van der Waals surface area contributed by atoms with Crippen molar-refractivity contribution < 1.29 is 9.34 Å². The van der Waals surface area contributed by atoms with Crippen LogP contribution in [0.4, 0.5) is 11.4 Å². The van der Waals surface area contributed by atoms with E-state index in [-0.39, 0.29) is 5.69 Å². The molecule has 0 fully saturated rings. The van der Waals surface area contributed by atoms with E-state index in [0.29, 0.717) is 11.4 Å². The van der Waals surface area contributed by atoms with Crippen molar-refractivity contribution in [1.82, 2.24) is 0 Å². The Morgan fingerprint density at radius 1 is 1.35 bits per heavy atom. The molecule has 0 aliphatic heterocycles. The normalized spacial score (nSPS) is 10.6. The molecular formula is C11H9N3O3. The molecule has 6 heteroatoms. The van der Waals surface area contributed by atoms with Crippen LogP contribution in [0.2, 0.25) is 0 Å². The van der Waals surface area contributed by atoms with Crippen molar-refractivity contribution in [3.05, 3.63) is 58.5 Å². The highest BCUT2D eigenvalue weighted by molar-refractivity contribution is 5.76. The van der Waals surface area contributed by atoms with Crippen molar-refractivity contribution >= 4 is 17.6 Å². The van der Waals surface area contributed by atoms with Gasteiger partial charge in [0.2, 0.25) is 0 Å². The van der Waals surface area contributed by atoms with Gasteiger partial charge >= 0.3 is 0 Å². The van der Waals surface area contributed by atoms with E-state index >= 15 is 0 Å². The van der Waals surface area contributed by atoms with Crippen LogP contribution in [0.3, 0.4) is 0 Å². The zero-order valence-electron chi connectivity index (χ0n) is 8.74. The third-order valence-corrected chi connectivity index (χ3v) is 1.99. The second-order valence-corrected chi connectivity index (χ2v) is 3.19. The maximum absolute atomic E-state index is 10.5. The lowest BCUT2D eigenvalue weighted by molar-refractivity contribution is -0.384. The number of non-ortho nitro benzene ring substituents is 1. The highest BCUT2D eigenvalue weighted by Gasteiger charge is 2.04. The number of nitrogens with zero attached hydrogens (tertiary/aromatic N) is 2. The molecule has 2 rings (SSSR count). The first-order valence-corrected chi connectivity index (χ1v) is 4.83. The van der Waals surface area contributed by atoms with Crippen molar-refractivity contribution in [3.63, 3.8) is 0 Å². The van der Waals surface area contributed by atoms with Crippen LogP contribution < -0.4 is 5.43 Å². The van der Waals surface area contributed by atoms with Gasteiger partial charge in [-0.1, -0.05) is 6.07 Å². The van der Waals surface area contributed by atoms with Crippen LogP contribution in [0.1, 0.15) is 5.76 Å². The van der Waals surface area contributed by atoms with Gasteiger partial charge in [0.25, 0.3) is 5.69 Å². The van der Waals surface area contributed by atoms with Gasteiger partial charge in [-0.25, -0.2) is 0 Å². The highest BCUT2D eigenvalue weighted by atomic mass is 16.6. The molecule has 0 bridgehead atoms. The number of nitrogens with one attached hydrogen (secondary N) is 1. The number of hydrazone groups is 1. The van der Waals surface area contributed by atoms with Gasteiger partial charge in [0.1, 0.15) is 5.76 Å². The molecule has 17 heavy (non-hydrogen) atoms. The van der Waals surface area contributed by atoms with E-state index in [1.807, 2.05) is 0 Å². The summed E-state index contributed by atoms with van der Waals surface area (Å²) >= 11 is 0. The molecule has 1 aromatic carbocycles. The fourth-order valence-corrected chi connectivity index (χ4v) is 1.22. The van der Waals surface area contributed by atoms with E-state index in [0.717, 1.165) is 0 Å². The SMILES string of the molecule is O=[N+]([O-])c1cccc(N/N=C\c2ccco2)c1. The molecule has 1 N–H and O–H groups in total. The van der Waals surface area contributed by atoms with Gasteiger partial charge in [-0.3, -0.25) is 15.5 Å². The Hall–Kier alpha value is -2.63. The van der Waals surface area contributed by atoms with Gasteiger partial charge in [0.05, 0.1) is 23.1 Å². The highest BCUT2D eigenvalue weighted by Crippen LogP contribution is 2.16. The van der Waals surface area contributed by atoms with Crippen LogP contribution in [0.25, 0.3) is 0 Å². The number of anilines is 1. The molecule has 1 heterocycles. The molecule has 0 saturated carbocycles. The van der Waals surface area contributed by atoms with E-state index in [9.17, 15) is 10.1 Å². The zero-order chi connectivity index (χ0) is 12.1. The van der Waals surface area contributed by atoms with Crippen molar-refractivity contribution in [2.75, 3.05) is 5.43 Å². The van der Waals surface area contributed by atoms with Crippen LogP contribution >= 0.6 is 0 Å². The third kappa shape index (κ3) is 2.91. The fourth-order valence-electron chi connectivity index (χ4n) is 1.22. The molecule has 0 aliphatic rings. The number of hydrogen-bond acceptors (Lipinski definition) is 5. The molecular weight excluding hydrogens is 222 g/mol. The van der Waals surface area contributed by atoms with Gasteiger partial charge in [-0.15, -0.1) is 0 Å². The first-order chi connectivity index (χ1) is 8.25. The summed E-state index contributed by atoms with van der Waals surface area (Å²) in [6.45, 7) is 0. The molecule has 0 aliphatic carbocycles. The summed E-state index contributed by atoms with van der Waals surface area (Å²) in [4.78, 5) is 10.1. The second kappa shape index (κ2) is 4.93. The summed E-state index contributed by atoms with van der Waals surface area (Å²) in [5.74, 6) is 0.600. The van der Waals surface area contributed by atoms with Crippen molar-refractivity contribution in [3.8, 4) is 0 Å². The fraction of sp³-hybridized carbons (Fsp3) is 0. The van der Waals surface area contributed by atoms with Gasteiger partial charge in [-0.2, -0.15) is 5.10 Å². The van der Waals surface area contributed by atoms with E-state index in [1.54, 1.807) is 24.3 Å². The predicted octanol–water partition coefficient (Wildman–Crippen LogP) is 2.63. The van der Waals surface area contributed by atoms with Gasteiger partial charge in [0.15, 0.2) is 0 Å². The molecule has 2 aromatic rings. The first kappa shape index (κ1) is 10.9. The lowest BCUT2D eigenvalue weighted by atomic mass is 10.3. The maximum Gasteiger partial charge on any atom is 0.271 e. The Labute approximate surface area is 96.7 Å². The van der Waals surface area contributed by atoms with Crippen LogP contribution in [0.15, 0.2) is 52.2 Å². The Morgan fingerprint density at radius 2 is 2.24 bits per heavy atom. The summed E-state index contributed by atoms with van der Waals surface area (Å²) < 4.78 is 5.04. The molecule has 86 valence electrons. The number of furan rings is 1. The minimum atomic E-state index is -0.457. The van der Waals surface area contributed by atoms with Gasteiger partial charge < -0.3 is 4.42 Å². The topological polar surface area (TPSA) is 80.7 Å². The lowest BCUT2D eigenvalue weighted by Crippen LogP contribution is -1.92. The van der Waals surface area contributed by atoms with E-state index < -0.39 is 4.92 Å². The van der Waals surface area contributed by atoms with Crippen molar-refractivity contribution in [2.45, 2.75) is 0 Å². The molecule has 6 nitrogen and oxygen atoms in total. The lowest BCUT2D eigenvalue weighted by Gasteiger charge is -1.98. The van der Waals surface area contributed by atoms with Gasteiger partial charge in [-0.05, 0) is 18.2 Å². The van der Waals surface area contributed by atoms with Crippen LogP contribution in [0.5, 0.6) is 0 Å². The molecule has 0 atom stereocenters. The van der Waals surface area contributed by atoms with Crippen LogP contribution in [-0.2, 0) is 0 Å². The number of rotatable bonds is 4. The van der Waals surface area contributed by atoms with E-state index in [1.165, 1.54) is 24.6 Å².